The molecule has 2 nitrogen and oxygen atoms in total. The molecule has 10 heavy (non-hydrogen) atoms. The molecular weight excluding hydrogens is 260 g/mol. The number of hydrogen-bond donors (Lipinski definition) is 0. The molecule has 54 valence electrons. The zero-order valence-electron chi connectivity index (χ0n) is 10.7. The molecule has 0 saturated heterocycles. The van der Waals surface area contributed by atoms with Crippen molar-refractivity contribution in [3.63, 3.8) is 0 Å². The lowest BCUT2D eigenvalue weighted by Gasteiger charge is -1.99. The molecule has 0 saturated carbocycles. The van der Waals surface area contributed by atoms with Gasteiger partial charge in [-0.25, -0.2) is 9.97 Å². The predicted octanol–water partition coefficient (Wildman–Crippen LogP) is 2.62. The van der Waals surface area contributed by atoms with Gasteiger partial charge in [-0.3, -0.25) is 0 Å². The number of aromatic nitrogens is 2. The number of rotatable bonds is 0. The van der Waals surface area contributed by atoms with Crippen LogP contribution in [0, 0.1) is 13.7 Å². The topological polar surface area (TPSA) is 25.8 Å². The Balaban J connectivity index is 3.46. The van der Waals surface area contributed by atoms with Gasteiger partial charge in [0.15, 0.2) is 0 Å². The summed E-state index contributed by atoms with van der Waals surface area (Å²) in [5, 5.41) is 0. The molecule has 0 aliphatic carbocycles. The van der Waals surface area contributed by atoms with Gasteiger partial charge in [-0.05, 0) is 45.6 Å². The predicted molar refractivity (Wildman–Crippen MR) is 46.9 cm³/mol. The summed E-state index contributed by atoms with van der Waals surface area (Å²) in [7, 11) is 0. The maximum absolute atomic E-state index is 7.22. The van der Waals surface area contributed by atoms with Gasteiger partial charge in [0.1, 0.15) is 10.4 Å². The fraction of sp³-hybridized carbons (Fsp3) is 0.333. The van der Waals surface area contributed by atoms with E-state index in [0.717, 1.165) is 0 Å². The molecule has 0 unspecified atom stereocenters. The Labute approximate surface area is 84.8 Å². The Bertz CT molecular complexity index is 413. The van der Waals surface area contributed by atoms with Crippen LogP contribution >= 0.6 is 31.9 Å². The molecule has 0 aliphatic heterocycles. The van der Waals surface area contributed by atoms with Gasteiger partial charge in [0.25, 0.3) is 0 Å². The van der Waals surface area contributed by atoms with Gasteiger partial charge in [0.2, 0.25) is 0 Å². The van der Waals surface area contributed by atoms with Crippen molar-refractivity contribution in [1.29, 1.82) is 0 Å². The molecule has 0 atom stereocenters. The first-order valence-electron chi connectivity index (χ1n) is 5.27. The van der Waals surface area contributed by atoms with Crippen molar-refractivity contribution in [2.45, 2.75) is 13.7 Å². The lowest BCUT2D eigenvalue weighted by Crippen LogP contribution is -1.92. The third-order valence-corrected chi connectivity index (χ3v) is 2.67. The summed E-state index contributed by atoms with van der Waals surface area (Å²) in [5.74, 6) is -0.492. The molecule has 0 amide bonds. The minimum absolute atomic E-state index is 0.111. The Kier molecular flexibility index (Phi) is 0.945. The Hall–Kier alpha value is 0.0400. The number of hydrogen-bond acceptors (Lipinski definition) is 2. The van der Waals surface area contributed by atoms with Gasteiger partial charge in [-0.15, -0.1) is 0 Å². The van der Waals surface area contributed by atoms with Gasteiger partial charge in [0.05, 0.1) is 10.2 Å². The van der Waals surface area contributed by atoms with Gasteiger partial charge < -0.3 is 0 Å². The Morgan fingerprint density at radius 3 is 2.70 bits per heavy atom. The maximum Gasteiger partial charge on any atom is 0.126 e. The van der Waals surface area contributed by atoms with Gasteiger partial charge in [0, 0.05) is 8.22 Å². The van der Waals surface area contributed by atoms with Gasteiger partial charge in [-0.1, -0.05) is 0 Å². The van der Waals surface area contributed by atoms with E-state index in [1.807, 2.05) is 0 Å². The number of nitrogens with zero attached hydrogens (tertiary/aromatic N) is 2. The van der Waals surface area contributed by atoms with Gasteiger partial charge in [-0.2, -0.15) is 0 Å². The second kappa shape index (κ2) is 2.96. The molecule has 0 radical (unpaired) electrons. The molecule has 1 heterocycles. The van der Waals surface area contributed by atoms with E-state index in [4.69, 9.17) is 8.22 Å². The van der Waals surface area contributed by atoms with E-state index in [9.17, 15) is 0 Å². The van der Waals surface area contributed by atoms with Crippen LogP contribution in [-0.4, -0.2) is 9.97 Å². The summed E-state index contributed by atoms with van der Waals surface area (Å²) in [5.41, 5.74) is -0.319. The molecule has 0 N–H and O–H groups in total. The van der Waals surface area contributed by atoms with E-state index in [1.165, 1.54) is 0 Å². The van der Waals surface area contributed by atoms with Crippen molar-refractivity contribution in [2.75, 3.05) is 0 Å². The molecule has 0 aromatic carbocycles. The molecule has 0 fully saturated rings. The smallest absolute Gasteiger partial charge is 0.126 e. The van der Waals surface area contributed by atoms with Crippen molar-refractivity contribution >= 4 is 31.9 Å². The van der Waals surface area contributed by atoms with Crippen LogP contribution in [0.1, 0.15) is 19.7 Å². The second-order valence-electron chi connectivity index (χ2n) is 1.50. The summed E-state index contributed by atoms with van der Waals surface area (Å²) < 4.78 is 43.3. The van der Waals surface area contributed by atoms with E-state index in [-0.39, 0.29) is 14.8 Å². The molecule has 4 heteroatoms. The monoisotopic (exact) mass is 270 g/mol. The summed E-state index contributed by atoms with van der Waals surface area (Å²) in [4.78, 5) is 7.23. The maximum atomic E-state index is 7.22. The van der Waals surface area contributed by atoms with Crippen molar-refractivity contribution in [1.82, 2.24) is 9.97 Å². The van der Waals surface area contributed by atoms with Crippen LogP contribution < -0.4 is 0 Å². The summed E-state index contributed by atoms with van der Waals surface area (Å²) in [6.45, 7) is -5.03. The number of aryl methyl sites for hydroxylation is 2. The second-order valence-corrected chi connectivity index (χ2v) is 3.04. The van der Waals surface area contributed by atoms with E-state index in [2.05, 4.69) is 41.8 Å². The fourth-order valence-electron chi connectivity index (χ4n) is 0.420. The van der Waals surface area contributed by atoms with Crippen molar-refractivity contribution in [3.05, 3.63) is 20.6 Å². The normalized spacial score (nSPS) is 21.4. The minimum atomic E-state index is -2.54. The minimum Gasteiger partial charge on any atom is -0.237 e. The third-order valence-electron chi connectivity index (χ3n) is 0.811. The Morgan fingerprint density at radius 2 is 2.10 bits per heavy atom. The summed E-state index contributed by atoms with van der Waals surface area (Å²) >= 11 is 5.99. The van der Waals surface area contributed by atoms with E-state index in [0.29, 0.717) is 0 Å². The average molecular weight is 272 g/mol. The standard InChI is InChI=1S/C6H6Br2N2/c1-3-5(7)6(8)10-4(2)9-3/h1-2H3/i1D3,2D3. The number of halogens is 2. The first kappa shape index (κ1) is 3.19. The zero-order chi connectivity index (χ0) is 12.7. The zero-order valence-corrected chi connectivity index (χ0v) is 7.82. The van der Waals surface area contributed by atoms with Crippen molar-refractivity contribution < 1.29 is 8.22 Å². The van der Waals surface area contributed by atoms with E-state index < -0.39 is 19.5 Å². The van der Waals surface area contributed by atoms with Crippen LogP contribution in [0.3, 0.4) is 0 Å². The molecular formula is C6H6Br2N2. The van der Waals surface area contributed by atoms with Crippen molar-refractivity contribution in [2.24, 2.45) is 0 Å². The Morgan fingerprint density at radius 1 is 1.30 bits per heavy atom. The highest BCUT2D eigenvalue weighted by molar-refractivity contribution is 9.13. The SMILES string of the molecule is [2H]C([2H])([2H])c1nc(Br)c(Br)c(C([2H])([2H])[2H])n1. The fourth-order valence-corrected chi connectivity index (χ4v) is 0.953. The highest BCUT2D eigenvalue weighted by atomic mass is 79.9. The quantitative estimate of drug-likeness (QED) is 0.678. The largest absolute Gasteiger partial charge is 0.237 e. The third kappa shape index (κ3) is 1.55. The molecule has 1 aromatic rings. The average Bonchev–Trinajstić information content (AvgIpc) is 2.05. The van der Waals surface area contributed by atoms with E-state index >= 15 is 0 Å². The van der Waals surface area contributed by atoms with Gasteiger partial charge >= 0.3 is 0 Å². The van der Waals surface area contributed by atoms with Crippen molar-refractivity contribution in [3.8, 4) is 0 Å². The van der Waals surface area contributed by atoms with Crippen LogP contribution in [0.4, 0.5) is 0 Å². The lowest BCUT2D eigenvalue weighted by molar-refractivity contribution is 0.980. The molecule has 0 aliphatic rings. The lowest BCUT2D eigenvalue weighted by atomic mass is 10.4. The molecule has 1 aromatic heterocycles. The summed E-state index contributed by atoms with van der Waals surface area (Å²) in [6, 6.07) is 0. The van der Waals surface area contributed by atoms with Crippen LogP contribution in [-0.2, 0) is 0 Å². The summed E-state index contributed by atoms with van der Waals surface area (Å²) in [6.07, 6.45) is 0. The van der Waals surface area contributed by atoms with Crippen LogP contribution in [0.25, 0.3) is 0 Å². The highest BCUT2D eigenvalue weighted by Gasteiger charge is 2.02. The van der Waals surface area contributed by atoms with Crippen LogP contribution in [0.2, 0.25) is 0 Å². The van der Waals surface area contributed by atoms with E-state index in [1.54, 1.807) is 0 Å². The first-order chi connectivity index (χ1) is 7.03. The van der Waals surface area contributed by atoms with Crippen LogP contribution in [0.15, 0.2) is 9.08 Å². The van der Waals surface area contributed by atoms with Crippen LogP contribution in [0.5, 0.6) is 0 Å². The first-order valence-corrected chi connectivity index (χ1v) is 3.86. The molecule has 0 spiro atoms. The highest BCUT2D eigenvalue weighted by Crippen LogP contribution is 2.22. The molecule has 0 bridgehead atoms. The molecule has 1 rings (SSSR count).